The maximum Gasteiger partial charge on any atom is 0.339 e. The van der Waals surface area contributed by atoms with Crippen molar-refractivity contribution in [2.45, 2.75) is 26.7 Å². The summed E-state index contributed by atoms with van der Waals surface area (Å²) in [5.41, 5.74) is 2.07. The number of aryl methyl sites for hydroxylation is 1. The summed E-state index contributed by atoms with van der Waals surface area (Å²) in [5.74, 6) is -0.356. The fraction of sp³-hybridized carbons (Fsp3) is 0.267. The number of rotatable bonds is 3. The Labute approximate surface area is 112 Å². The molecule has 98 valence electrons. The second-order valence-corrected chi connectivity index (χ2v) is 4.71. The van der Waals surface area contributed by atoms with Gasteiger partial charge in [0.25, 0.3) is 0 Å². The van der Waals surface area contributed by atoms with Gasteiger partial charge >= 0.3 is 5.97 Å². The zero-order chi connectivity index (χ0) is 14.0. The number of aromatic carboxylic acids is 1. The molecule has 0 bridgehead atoms. The van der Waals surface area contributed by atoms with Crippen LogP contribution in [0.15, 0.2) is 30.3 Å². The van der Waals surface area contributed by atoms with Gasteiger partial charge in [0.05, 0.1) is 11.4 Å². The van der Waals surface area contributed by atoms with Crippen LogP contribution < -0.4 is 0 Å². The van der Waals surface area contributed by atoms with Crippen LogP contribution in [-0.4, -0.2) is 21.0 Å². The average Bonchev–Trinajstić information content (AvgIpc) is 2.38. The zero-order valence-corrected chi connectivity index (χ0v) is 11.2. The lowest BCUT2D eigenvalue weighted by atomic mass is 9.98. The molecule has 2 rings (SSSR count). The Morgan fingerprint density at radius 1 is 1.16 bits per heavy atom. The Morgan fingerprint density at radius 3 is 2.32 bits per heavy atom. The molecule has 4 heteroatoms. The molecule has 0 saturated carbocycles. The van der Waals surface area contributed by atoms with Crippen LogP contribution in [0.1, 0.15) is 41.6 Å². The summed E-state index contributed by atoms with van der Waals surface area (Å²) in [7, 11) is 0. The first kappa shape index (κ1) is 13.2. The van der Waals surface area contributed by atoms with Crippen LogP contribution in [0.2, 0.25) is 0 Å². The van der Waals surface area contributed by atoms with Crippen LogP contribution in [0.3, 0.4) is 0 Å². The zero-order valence-electron chi connectivity index (χ0n) is 11.2. The summed E-state index contributed by atoms with van der Waals surface area (Å²) in [5, 5.41) is 9.47. The number of hydrogen-bond acceptors (Lipinski definition) is 3. The maximum atomic E-state index is 11.6. The third-order valence-corrected chi connectivity index (χ3v) is 2.86. The summed E-state index contributed by atoms with van der Waals surface area (Å²) in [6.45, 7) is 5.65. The van der Waals surface area contributed by atoms with Crippen molar-refractivity contribution in [3.63, 3.8) is 0 Å². The quantitative estimate of drug-likeness (QED) is 0.915. The van der Waals surface area contributed by atoms with Crippen LogP contribution in [0.5, 0.6) is 0 Å². The standard InChI is InChI=1S/C15H16N2O2/c1-9(2)13-12(15(18)19)14(17-10(3)16-13)11-7-5-4-6-8-11/h4-9H,1-3H3,(H,18,19). The Kier molecular flexibility index (Phi) is 3.60. The lowest BCUT2D eigenvalue weighted by molar-refractivity contribution is 0.0695. The minimum Gasteiger partial charge on any atom is -0.478 e. The Hall–Kier alpha value is -2.23. The van der Waals surface area contributed by atoms with E-state index in [0.29, 0.717) is 17.2 Å². The lowest BCUT2D eigenvalue weighted by Crippen LogP contribution is -2.12. The van der Waals surface area contributed by atoms with Crippen LogP contribution in [-0.2, 0) is 0 Å². The van der Waals surface area contributed by atoms with Crippen molar-refractivity contribution in [1.29, 1.82) is 0 Å². The average molecular weight is 256 g/mol. The number of aromatic nitrogens is 2. The molecule has 0 aliphatic heterocycles. The Morgan fingerprint density at radius 2 is 1.79 bits per heavy atom. The predicted molar refractivity (Wildman–Crippen MR) is 73.3 cm³/mol. The van der Waals surface area contributed by atoms with Gasteiger partial charge in [0.15, 0.2) is 0 Å². The van der Waals surface area contributed by atoms with Crippen LogP contribution in [0, 0.1) is 6.92 Å². The number of carboxylic acids is 1. The van der Waals surface area contributed by atoms with Crippen molar-refractivity contribution < 1.29 is 9.90 Å². The van der Waals surface area contributed by atoms with Gasteiger partial charge in [0.2, 0.25) is 0 Å². The molecule has 19 heavy (non-hydrogen) atoms. The second-order valence-electron chi connectivity index (χ2n) is 4.71. The normalized spacial score (nSPS) is 10.7. The van der Waals surface area contributed by atoms with Crippen molar-refractivity contribution in [2.24, 2.45) is 0 Å². The van der Waals surface area contributed by atoms with Crippen molar-refractivity contribution >= 4 is 5.97 Å². The molecule has 1 heterocycles. The largest absolute Gasteiger partial charge is 0.478 e. The molecule has 0 unspecified atom stereocenters. The number of benzene rings is 1. The summed E-state index contributed by atoms with van der Waals surface area (Å²) in [4.78, 5) is 20.2. The van der Waals surface area contributed by atoms with Crippen molar-refractivity contribution in [3.05, 3.63) is 47.4 Å². The molecule has 0 atom stereocenters. The topological polar surface area (TPSA) is 63.1 Å². The molecule has 1 aromatic heterocycles. The highest BCUT2D eigenvalue weighted by atomic mass is 16.4. The van der Waals surface area contributed by atoms with Gasteiger partial charge in [-0.1, -0.05) is 44.2 Å². The molecule has 0 aliphatic rings. The first-order valence-electron chi connectivity index (χ1n) is 6.18. The molecule has 2 aromatic rings. The highest BCUT2D eigenvalue weighted by molar-refractivity contribution is 5.96. The van der Waals surface area contributed by atoms with Crippen molar-refractivity contribution in [1.82, 2.24) is 9.97 Å². The minimum absolute atomic E-state index is 0.0373. The highest BCUT2D eigenvalue weighted by Gasteiger charge is 2.22. The molecule has 4 nitrogen and oxygen atoms in total. The van der Waals surface area contributed by atoms with Gasteiger partial charge in [-0.15, -0.1) is 0 Å². The van der Waals surface area contributed by atoms with Crippen molar-refractivity contribution in [3.8, 4) is 11.3 Å². The van der Waals surface area contributed by atoms with E-state index in [2.05, 4.69) is 9.97 Å². The summed E-state index contributed by atoms with van der Waals surface area (Å²) in [6.07, 6.45) is 0. The van der Waals surface area contributed by atoms with E-state index in [-0.39, 0.29) is 11.5 Å². The molecule has 0 spiro atoms. The Bertz CT molecular complexity index is 607. The van der Waals surface area contributed by atoms with Crippen molar-refractivity contribution in [2.75, 3.05) is 0 Å². The number of carbonyl (C=O) groups is 1. The third-order valence-electron chi connectivity index (χ3n) is 2.86. The molecule has 0 saturated heterocycles. The fourth-order valence-electron chi connectivity index (χ4n) is 2.03. The molecule has 0 aliphatic carbocycles. The minimum atomic E-state index is -0.984. The van der Waals surface area contributed by atoms with Crippen LogP contribution in [0.25, 0.3) is 11.3 Å². The smallest absolute Gasteiger partial charge is 0.339 e. The molecule has 0 fully saturated rings. The van der Waals surface area contributed by atoms with E-state index in [9.17, 15) is 9.90 Å². The number of carboxylic acid groups (broad SMARTS) is 1. The highest BCUT2D eigenvalue weighted by Crippen LogP contribution is 2.27. The number of nitrogens with zero attached hydrogens (tertiary/aromatic N) is 2. The second kappa shape index (κ2) is 5.18. The van der Waals surface area contributed by atoms with Gasteiger partial charge in [-0.05, 0) is 12.8 Å². The van der Waals surface area contributed by atoms with Gasteiger partial charge in [-0.25, -0.2) is 14.8 Å². The van der Waals surface area contributed by atoms with E-state index >= 15 is 0 Å². The SMILES string of the molecule is Cc1nc(-c2ccccc2)c(C(=O)O)c(C(C)C)n1. The monoisotopic (exact) mass is 256 g/mol. The lowest BCUT2D eigenvalue weighted by Gasteiger charge is -2.13. The molecular formula is C15H16N2O2. The molecule has 0 amide bonds. The van der Waals surface area contributed by atoms with E-state index in [1.165, 1.54) is 0 Å². The van der Waals surface area contributed by atoms with E-state index < -0.39 is 5.97 Å². The first-order chi connectivity index (χ1) is 9.00. The van der Waals surface area contributed by atoms with Gasteiger partial charge < -0.3 is 5.11 Å². The van der Waals surface area contributed by atoms with E-state index in [4.69, 9.17) is 0 Å². The predicted octanol–water partition coefficient (Wildman–Crippen LogP) is 3.27. The Balaban J connectivity index is 2.76. The fourth-order valence-corrected chi connectivity index (χ4v) is 2.03. The molecular weight excluding hydrogens is 240 g/mol. The molecule has 0 radical (unpaired) electrons. The van der Waals surface area contributed by atoms with E-state index in [1.807, 2.05) is 44.2 Å². The van der Waals surface area contributed by atoms with Crippen LogP contribution >= 0.6 is 0 Å². The maximum absolute atomic E-state index is 11.6. The number of hydrogen-bond donors (Lipinski definition) is 1. The van der Waals surface area contributed by atoms with Gasteiger partial charge in [0, 0.05) is 5.56 Å². The van der Waals surface area contributed by atoms with Gasteiger partial charge in [-0.3, -0.25) is 0 Å². The third kappa shape index (κ3) is 2.62. The molecule has 1 aromatic carbocycles. The summed E-state index contributed by atoms with van der Waals surface area (Å²) < 4.78 is 0. The van der Waals surface area contributed by atoms with Gasteiger partial charge in [0.1, 0.15) is 11.4 Å². The summed E-state index contributed by atoms with van der Waals surface area (Å²) in [6, 6.07) is 9.35. The van der Waals surface area contributed by atoms with Crippen LogP contribution in [0.4, 0.5) is 0 Å². The van der Waals surface area contributed by atoms with Gasteiger partial charge in [-0.2, -0.15) is 0 Å². The van der Waals surface area contributed by atoms with E-state index in [1.54, 1.807) is 6.92 Å². The molecule has 1 N–H and O–H groups in total. The first-order valence-corrected chi connectivity index (χ1v) is 6.18. The van der Waals surface area contributed by atoms with E-state index in [0.717, 1.165) is 5.56 Å². The summed E-state index contributed by atoms with van der Waals surface area (Å²) >= 11 is 0.